The molecule has 1 aliphatic rings. The second-order valence-corrected chi connectivity index (χ2v) is 5.13. The first-order valence-electron chi connectivity index (χ1n) is 7.60. The third-order valence-corrected chi connectivity index (χ3v) is 3.45. The predicted molar refractivity (Wildman–Crippen MR) is 79.4 cm³/mol. The molecule has 2 heterocycles. The van der Waals surface area contributed by atoms with E-state index in [-0.39, 0.29) is 6.10 Å². The molecule has 0 radical (unpaired) electrons. The van der Waals surface area contributed by atoms with Gasteiger partial charge in [-0.2, -0.15) is 4.98 Å². The number of nitrogens with one attached hydrogen (secondary N) is 1. The molecule has 1 aromatic heterocycles. The highest BCUT2D eigenvalue weighted by Crippen LogP contribution is 2.25. The van der Waals surface area contributed by atoms with Crippen molar-refractivity contribution >= 4 is 5.82 Å². The van der Waals surface area contributed by atoms with Crippen LogP contribution in [0.25, 0.3) is 0 Å². The van der Waals surface area contributed by atoms with Gasteiger partial charge in [-0.25, -0.2) is 4.98 Å². The molecule has 0 atom stereocenters. The fourth-order valence-corrected chi connectivity index (χ4v) is 2.18. The van der Waals surface area contributed by atoms with Crippen LogP contribution in [0, 0.1) is 6.92 Å². The van der Waals surface area contributed by atoms with E-state index in [1.807, 2.05) is 6.92 Å². The van der Waals surface area contributed by atoms with Gasteiger partial charge in [-0.1, -0.05) is 13.8 Å². The molecule has 0 saturated carbocycles. The van der Waals surface area contributed by atoms with Crippen molar-refractivity contribution in [2.75, 3.05) is 25.1 Å². The summed E-state index contributed by atoms with van der Waals surface area (Å²) in [7, 11) is 0. The first-order chi connectivity index (χ1) is 9.74. The predicted octanol–water partition coefficient (Wildman–Crippen LogP) is 2.73. The van der Waals surface area contributed by atoms with Crippen molar-refractivity contribution in [3.63, 3.8) is 0 Å². The van der Waals surface area contributed by atoms with E-state index >= 15 is 0 Å². The molecule has 1 aliphatic heterocycles. The van der Waals surface area contributed by atoms with E-state index in [0.29, 0.717) is 0 Å². The molecular formula is C15H25N3O2. The Balaban J connectivity index is 2.16. The van der Waals surface area contributed by atoms with E-state index in [4.69, 9.17) is 9.47 Å². The van der Waals surface area contributed by atoms with Gasteiger partial charge in [-0.05, 0) is 13.3 Å². The number of aryl methyl sites for hydroxylation is 1. The van der Waals surface area contributed by atoms with Crippen LogP contribution in [0.1, 0.15) is 44.5 Å². The summed E-state index contributed by atoms with van der Waals surface area (Å²) in [5.41, 5.74) is 1.00. The third kappa shape index (κ3) is 3.82. The molecule has 1 N–H and O–H groups in total. The van der Waals surface area contributed by atoms with Crippen molar-refractivity contribution in [3.05, 3.63) is 11.4 Å². The number of rotatable bonds is 6. The second kappa shape index (κ2) is 7.43. The van der Waals surface area contributed by atoms with Crippen molar-refractivity contribution in [2.45, 2.75) is 52.6 Å². The van der Waals surface area contributed by atoms with Crippen LogP contribution in [-0.4, -0.2) is 35.8 Å². The van der Waals surface area contributed by atoms with Gasteiger partial charge in [-0.15, -0.1) is 0 Å². The van der Waals surface area contributed by atoms with Gasteiger partial charge in [-0.3, -0.25) is 0 Å². The first kappa shape index (κ1) is 15.0. The molecular weight excluding hydrogens is 254 g/mol. The number of ether oxygens (including phenoxy) is 2. The smallest absolute Gasteiger partial charge is 0.222 e. The van der Waals surface area contributed by atoms with Crippen molar-refractivity contribution in [2.24, 2.45) is 0 Å². The monoisotopic (exact) mass is 279 g/mol. The topological polar surface area (TPSA) is 56.3 Å². The highest BCUT2D eigenvalue weighted by atomic mass is 16.5. The number of hydrogen-bond acceptors (Lipinski definition) is 5. The molecule has 0 amide bonds. The maximum atomic E-state index is 6.08. The lowest BCUT2D eigenvalue weighted by Crippen LogP contribution is -2.27. The van der Waals surface area contributed by atoms with Gasteiger partial charge in [0.05, 0.1) is 18.8 Å². The summed E-state index contributed by atoms with van der Waals surface area (Å²) in [5.74, 6) is 2.46. The van der Waals surface area contributed by atoms with Gasteiger partial charge in [0.15, 0.2) is 0 Å². The molecule has 5 heteroatoms. The maximum Gasteiger partial charge on any atom is 0.222 e. The van der Waals surface area contributed by atoms with Crippen LogP contribution in [0.15, 0.2) is 0 Å². The SMILES string of the molecule is CCCNc1nc(CC)nc(OC2CCOCC2)c1C. The molecule has 112 valence electrons. The second-order valence-electron chi connectivity index (χ2n) is 5.13. The number of nitrogens with zero attached hydrogens (tertiary/aromatic N) is 2. The molecule has 1 fully saturated rings. The van der Waals surface area contributed by atoms with Crippen LogP contribution in [0.3, 0.4) is 0 Å². The van der Waals surface area contributed by atoms with Crippen LogP contribution in [-0.2, 0) is 11.2 Å². The van der Waals surface area contributed by atoms with Crippen LogP contribution in [0.5, 0.6) is 5.88 Å². The fourth-order valence-electron chi connectivity index (χ4n) is 2.18. The Labute approximate surface area is 121 Å². The van der Waals surface area contributed by atoms with Gasteiger partial charge < -0.3 is 14.8 Å². The summed E-state index contributed by atoms with van der Waals surface area (Å²) >= 11 is 0. The van der Waals surface area contributed by atoms with Crippen molar-refractivity contribution in [1.29, 1.82) is 0 Å². The standard InChI is InChI=1S/C15H25N3O2/c1-4-8-16-14-11(3)15(18-13(5-2)17-14)20-12-6-9-19-10-7-12/h12H,4-10H2,1-3H3,(H,16,17,18). The summed E-state index contributed by atoms with van der Waals surface area (Å²) in [6.07, 6.45) is 3.96. The molecule has 0 aromatic carbocycles. The van der Waals surface area contributed by atoms with E-state index in [1.165, 1.54) is 0 Å². The van der Waals surface area contributed by atoms with Crippen molar-refractivity contribution in [3.8, 4) is 5.88 Å². The minimum absolute atomic E-state index is 0.209. The van der Waals surface area contributed by atoms with Crippen LogP contribution in [0.2, 0.25) is 0 Å². The van der Waals surface area contributed by atoms with E-state index in [2.05, 4.69) is 29.1 Å². The zero-order chi connectivity index (χ0) is 14.4. The first-order valence-corrected chi connectivity index (χ1v) is 7.60. The molecule has 0 bridgehead atoms. The summed E-state index contributed by atoms with van der Waals surface area (Å²) in [4.78, 5) is 9.09. The number of aromatic nitrogens is 2. The number of hydrogen-bond donors (Lipinski definition) is 1. The van der Waals surface area contributed by atoms with Crippen LogP contribution in [0.4, 0.5) is 5.82 Å². The molecule has 2 rings (SSSR count). The molecule has 1 saturated heterocycles. The highest BCUT2D eigenvalue weighted by molar-refractivity contribution is 5.48. The molecule has 20 heavy (non-hydrogen) atoms. The minimum atomic E-state index is 0.209. The lowest BCUT2D eigenvalue weighted by molar-refractivity contribution is 0.0233. The Bertz CT molecular complexity index is 431. The van der Waals surface area contributed by atoms with Gasteiger partial charge in [0.25, 0.3) is 0 Å². The fraction of sp³-hybridized carbons (Fsp3) is 0.733. The summed E-state index contributed by atoms with van der Waals surface area (Å²) in [6.45, 7) is 8.69. The molecule has 0 aliphatic carbocycles. The van der Waals surface area contributed by atoms with E-state index in [0.717, 1.165) is 68.5 Å². The zero-order valence-corrected chi connectivity index (χ0v) is 12.7. The van der Waals surface area contributed by atoms with E-state index in [9.17, 15) is 0 Å². The Morgan fingerprint density at radius 2 is 2.00 bits per heavy atom. The van der Waals surface area contributed by atoms with Crippen LogP contribution < -0.4 is 10.1 Å². The maximum absolute atomic E-state index is 6.08. The molecule has 5 nitrogen and oxygen atoms in total. The van der Waals surface area contributed by atoms with E-state index in [1.54, 1.807) is 0 Å². The number of anilines is 1. The van der Waals surface area contributed by atoms with Crippen molar-refractivity contribution < 1.29 is 9.47 Å². The summed E-state index contributed by atoms with van der Waals surface area (Å²) < 4.78 is 11.4. The van der Waals surface area contributed by atoms with Gasteiger partial charge >= 0.3 is 0 Å². The van der Waals surface area contributed by atoms with Crippen molar-refractivity contribution in [1.82, 2.24) is 9.97 Å². The quantitative estimate of drug-likeness (QED) is 0.867. The third-order valence-electron chi connectivity index (χ3n) is 3.45. The summed E-state index contributed by atoms with van der Waals surface area (Å²) in [6, 6.07) is 0. The molecule has 0 spiro atoms. The minimum Gasteiger partial charge on any atom is -0.474 e. The van der Waals surface area contributed by atoms with Crippen LogP contribution >= 0.6 is 0 Å². The van der Waals surface area contributed by atoms with Gasteiger partial charge in [0.2, 0.25) is 5.88 Å². The Kier molecular flexibility index (Phi) is 5.59. The average molecular weight is 279 g/mol. The van der Waals surface area contributed by atoms with E-state index < -0.39 is 0 Å². The average Bonchev–Trinajstić information content (AvgIpc) is 2.49. The lowest BCUT2D eigenvalue weighted by Gasteiger charge is -2.24. The molecule has 0 unspecified atom stereocenters. The van der Waals surface area contributed by atoms with Gasteiger partial charge in [0, 0.05) is 25.8 Å². The Morgan fingerprint density at radius 1 is 1.25 bits per heavy atom. The lowest BCUT2D eigenvalue weighted by atomic mass is 10.1. The largest absolute Gasteiger partial charge is 0.474 e. The van der Waals surface area contributed by atoms with Gasteiger partial charge in [0.1, 0.15) is 17.7 Å². The Morgan fingerprint density at radius 3 is 2.65 bits per heavy atom. The Hall–Kier alpha value is -1.36. The zero-order valence-electron chi connectivity index (χ0n) is 12.7. The molecule has 1 aromatic rings. The summed E-state index contributed by atoms with van der Waals surface area (Å²) in [5, 5.41) is 3.36. The highest BCUT2D eigenvalue weighted by Gasteiger charge is 2.19. The normalized spacial score (nSPS) is 16.1.